The van der Waals surface area contributed by atoms with E-state index in [1.807, 2.05) is 43.6 Å². The smallest absolute Gasteiger partial charge is 0.350 e. The highest BCUT2D eigenvalue weighted by Crippen LogP contribution is 2.51. The zero-order chi connectivity index (χ0) is 81.0. The van der Waals surface area contributed by atoms with Crippen molar-refractivity contribution in [3.63, 3.8) is 0 Å². The van der Waals surface area contributed by atoms with Crippen LogP contribution < -0.4 is 31.8 Å². The van der Waals surface area contributed by atoms with Gasteiger partial charge in [-0.1, -0.05) is 89.9 Å². The van der Waals surface area contributed by atoms with Crippen LogP contribution in [0.15, 0.2) is 134 Å². The zero-order valence-electron chi connectivity index (χ0n) is 62.2. The van der Waals surface area contributed by atoms with E-state index in [9.17, 15) is 41.9 Å². The molecule has 594 valence electrons. The third kappa shape index (κ3) is 16.1. The van der Waals surface area contributed by atoms with Gasteiger partial charge in [-0.25, -0.2) is 36.3 Å². The molecule has 0 N–H and O–H groups in total. The summed E-state index contributed by atoms with van der Waals surface area (Å²) in [5, 5.41) is 2.41. The number of benzene rings is 6. The Morgan fingerprint density at radius 2 is 0.796 bits per heavy atom. The lowest BCUT2D eigenvalue weighted by Gasteiger charge is -2.44. The van der Waals surface area contributed by atoms with Crippen LogP contribution in [0.1, 0.15) is 27.7 Å². The largest absolute Gasteiger partial charge is 0.379 e. The molecule has 6 aromatic carbocycles. The maximum Gasteiger partial charge on any atom is 0.350 e. The van der Waals surface area contributed by atoms with Crippen molar-refractivity contribution in [3.8, 4) is 33.4 Å². The van der Waals surface area contributed by atoms with E-state index < -0.39 is 34.6 Å². The highest BCUT2D eigenvalue weighted by atomic mass is 35.5. The van der Waals surface area contributed by atoms with Gasteiger partial charge in [-0.15, -0.1) is 35.3 Å². The van der Waals surface area contributed by atoms with Crippen LogP contribution in [0.25, 0.3) is 66.1 Å². The van der Waals surface area contributed by atoms with Crippen molar-refractivity contribution in [2.24, 2.45) is 0 Å². The summed E-state index contributed by atoms with van der Waals surface area (Å²) in [6, 6.07) is 14.6. The molecule has 0 radical (unpaired) electrons. The van der Waals surface area contributed by atoms with Crippen molar-refractivity contribution in [3.05, 3.63) is 190 Å². The monoisotopic (exact) mass is 1700 g/mol. The number of methoxy groups -OCH3 is 3. The molecule has 7 atom stereocenters. The fourth-order valence-electron chi connectivity index (χ4n) is 15.5. The minimum Gasteiger partial charge on any atom is -0.379 e. The molecule has 0 spiro atoms. The standard InChI is InChI=1S/C27H26Cl2F2N4O3S.C26H24Cl2F2N4O3S.C26H26ClFN4O3S/c1-5-22(36)35-13(2)9-33(10-14(35)3)26-17-7-19(29)23(16-6-18(28)21(31)8-20(16)30)25-24(17)34(27(37)32-26)11-15(38-4)12-39-25;1-4-21(35)32-5-6-33(13(2)10-32)25-16-8-18(28)22(15-7-17(27)20(30)9-19(15)29)24-23(16)34(26(36)31-25)11-14(37-3)12-38-24;1-4-21(33)30-9-10-31(15(2)12-30)25-19-11-20(27)22(16-5-7-17(28)8-6-16)24-23(19)32(26(34)29-25)13-18(35-3)14-36-24/h5-8,13-15H,1,9-12H2,2-4H3;4,7-9,13-14H,1,5-6,10-12H2,2-3H3;4-8,11,15,18H,1,9-10,12-14H2,2-3H3/t13-,14+,15-;13-,14-;15-,18+/m000/s1. The average molecular weight is 1710 g/mol. The molecule has 6 aliphatic rings. The first-order chi connectivity index (χ1) is 54.0. The second kappa shape index (κ2) is 34.3. The normalized spacial score (nSPS) is 20.2. The third-order valence-corrected chi connectivity index (χ3v) is 26.1. The molecule has 15 rings (SSSR count). The molecule has 6 aliphatic heterocycles. The number of carbonyl (C=O) groups is 3. The average Bonchev–Trinajstić information content (AvgIpc) is 1.72. The second-order valence-corrected chi connectivity index (χ2v) is 33.1. The fourth-order valence-corrected chi connectivity index (χ4v) is 20.8. The summed E-state index contributed by atoms with van der Waals surface area (Å²) in [4.78, 5) is 104. The first kappa shape index (κ1) is 82.8. The minimum atomic E-state index is -0.881. The molecule has 3 aromatic heterocycles. The second-order valence-electron chi connectivity index (χ2n) is 28.0. The van der Waals surface area contributed by atoms with Gasteiger partial charge in [0.25, 0.3) is 0 Å². The van der Waals surface area contributed by atoms with E-state index in [0.29, 0.717) is 141 Å². The SMILES string of the molecule is C=CC(=O)N1CCN(c2nc(=O)n3c4c(c(-c5cc(Cl)c(F)cc5F)c(Cl)cc24)SC[C@@H](OC)C3)[C@@H](C)C1.C=CC(=O)N1CCN(c2nc(=O)n3c4c(c(-c5ccc(F)cc5)c(Cl)cc24)SC[C@H](OC)C3)[C@@H](C)C1.C=CC(=O)N1[C@H](C)CN(c2nc(=O)n3c4c(c(-c5cc(Cl)c(F)cc5F)c(Cl)cc24)SC[C@@H](OC)C3)C[C@@H]1C. The summed E-state index contributed by atoms with van der Waals surface area (Å²) in [6.45, 7) is 23.1. The molecule has 0 saturated carbocycles. The first-order valence-electron chi connectivity index (χ1n) is 35.9. The van der Waals surface area contributed by atoms with Crippen LogP contribution in [-0.4, -0.2) is 194 Å². The highest BCUT2D eigenvalue weighted by molar-refractivity contribution is 8.00. The van der Waals surface area contributed by atoms with E-state index in [1.165, 1.54) is 75.2 Å². The predicted molar refractivity (Wildman–Crippen MR) is 439 cm³/mol. The molecular formula is C79H76Cl5F5N12O9S3. The van der Waals surface area contributed by atoms with E-state index in [0.717, 1.165) is 39.1 Å². The number of carbonyl (C=O) groups excluding carboxylic acids is 3. The third-order valence-electron chi connectivity index (χ3n) is 21.0. The van der Waals surface area contributed by atoms with Gasteiger partial charge in [0.2, 0.25) is 17.7 Å². The van der Waals surface area contributed by atoms with Gasteiger partial charge in [0.05, 0.1) is 79.6 Å². The van der Waals surface area contributed by atoms with Gasteiger partial charge in [0.15, 0.2) is 0 Å². The summed E-state index contributed by atoms with van der Waals surface area (Å²) in [5.41, 5.74) is 2.71. The highest BCUT2D eigenvalue weighted by Gasteiger charge is 2.39. The van der Waals surface area contributed by atoms with Crippen molar-refractivity contribution in [1.29, 1.82) is 0 Å². The number of rotatable bonds is 12. The maximum absolute atomic E-state index is 15.1. The summed E-state index contributed by atoms with van der Waals surface area (Å²) in [7, 11) is 4.75. The molecule has 9 aromatic rings. The van der Waals surface area contributed by atoms with Gasteiger partial charge in [0.1, 0.15) is 46.5 Å². The summed E-state index contributed by atoms with van der Waals surface area (Å²) in [5.74, 6) is -1.22. The van der Waals surface area contributed by atoms with Crippen molar-refractivity contribution < 1.29 is 50.5 Å². The van der Waals surface area contributed by atoms with E-state index >= 15 is 8.78 Å². The summed E-state index contributed by atoms with van der Waals surface area (Å²) in [6.07, 6.45) is 3.07. The Bertz CT molecular complexity index is 5560. The van der Waals surface area contributed by atoms with Crippen LogP contribution in [0.5, 0.6) is 0 Å². The van der Waals surface area contributed by atoms with Gasteiger partial charge < -0.3 is 43.6 Å². The Morgan fingerprint density at radius 1 is 0.442 bits per heavy atom. The van der Waals surface area contributed by atoms with Crippen LogP contribution in [0, 0.1) is 29.1 Å². The van der Waals surface area contributed by atoms with E-state index in [-0.39, 0.29) is 116 Å². The van der Waals surface area contributed by atoms with Crippen LogP contribution in [0.3, 0.4) is 0 Å². The number of nitrogens with zero attached hydrogens (tertiary/aromatic N) is 12. The molecule has 34 heteroatoms. The van der Waals surface area contributed by atoms with Crippen molar-refractivity contribution in [2.45, 2.75) is 104 Å². The van der Waals surface area contributed by atoms with Crippen LogP contribution in [-0.2, 0) is 48.2 Å². The van der Waals surface area contributed by atoms with Crippen molar-refractivity contribution >= 4 is 161 Å². The molecule has 3 amide bonds. The number of aromatic nitrogens is 6. The molecule has 3 saturated heterocycles. The van der Waals surface area contributed by atoms with Gasteiger partial charge in [-0.05, 0) is 94.0 Å². The van der Waals surface area contributed by atoms with Crippen molar-refractivity contribution in [2.75, 3.05) is 106 Å². The van der Waals surface area contributed by atoms with E-state index in [4.69, 9.17) is 72.2 Å². The van der Waals surface area contributed by atoms with E-state index in [1.54, 1.807) is 76.6 Å². The lowest BCUT2D eigenvalue weighted by atomic mass is 10.0. The molecule has 0 aliphatic carbocycles. The number of hydrogen-bond donors (Lipinski definition) is 0. The number of halogens is 10. The van der Waals surface area contributed by atoms with Gasteiger partial charge in [-0.2, -0.15) is 15.0 Å². The number of amides is 3. The Kier molecular flexibility index (Phi) is 25.1. The molecule has 21 nitrogen and oxygen atoms in total. The fraction of sp³-hybridized carbons (Fsp3) is 0.354. The Morgan fingerprint density at radius 3 is 1.16 bits per heavy atom. The van der Waals surface area contributed by atoms with Gasteiger partial charge >= 0.3 is 17.1 Å². The molecule has 3 fully saturated rings. The molecular weight excluding hydrogens is 1630 g/mol. The summed E-state index contributed by atoms with van der Waals surface area (Å²) >= 11 is 36.9. The van der Waals surface area contributed by atoms with Crippen molar-refractivity contribution in [1.82, 2.24) is 43.4 Å². The minimum absolute atomic E-state index is 0.0304. The number of ether oxygens (including phenoxy) is 3. The molecule has 0 bridgehead atoms. The Balaban J connectivity index is 0.000000148. The van der Waals surface area contributed by atoms with Crippen LogP contribution in [0.2, 0.25) is 25.1 Å². The first-order valence-corrected chi connectivity index (χ1v) is 40.8. The molecule has 0 unspecified atom stereocenters. The zero-order valence-corrected chi connectivity index (χ0v) is 68.4. The summed E-state index contributed by atoms with van der Waals surface area (Å²) < 4.78 is 93.4. The molecule has 9 heterocycles. The predicted octanol–water partition coefficient (Wildman–Crippen LogP) is 14.6. The van der Waals surface area contributed by atoms with Crippen LogP contribution >= 0.6 is 93.3 Å². The van der Waals surface area contributed by atoms with Crippen LogP contribution in [0.4, 0.5) is 39.4 Å². The number of hydrogen-bond acceptors (Lipinski definition) is 18. The Labute approximate surface area is 684 Å². The number of piperazine rings is 3. The maximum atomic E-state index is 15.1. The lowest BCUT2D eigenvalue weighted by Crippen LogP contribution is -2.58. The topological polar surface area (TPSA) is 203 Å². The van der Waals surface area contributed by atoms with Gasteiger partial charge in [-0.3, -0.25) is 28.1 Å². The lowest BCUT2D eigenvalue weighted by molar-refractivity contribution is -0.130. The molecule has 113 heavy (non-hydrogen) atoms. The Hall–Kier alpha value is -8.20. The number of thioether (sulfide) groups is 3. The number of anilines is 3. The van der Waals surface area contributed by atoms with Gasteiger partial charge in [0, 0.05) is 186 Å². The quantitative estimate of drug-likeness (QED) is 0.0634. The van der Waals surface area contributed by atoms with E-state index in [2.05, 4.69) is 39.6 Å².